The van der Waals surface area contributed by atoms with Crippen LogP contribution in [0.4, 0.5) is 11.5 Å². The van der Waals surface area contributed by atoms with E-state index in [1.54, 1.807) is 17.0 Å². The van der Waals surface area contributed by atoms with E-state index in [4.69, 9.17) is 0 Å². The molecule has 10 heteroatoms. The number of hydrogen-bond acceptors (Lipinski definition) is 7. The number of carbonyl (C=O) groups is 1. The number of carbonyl (C=O) groups excluding carboxylic acids is 1. The maximum Gasteiger partial charge on any atom is 0.284 e. The Morgan fingerprint density at radius 3 is 2.55 bits per heavy atom. The van der Waals surface area contributed by atoms with E-state index in [9.17, 15) is 13.2 Å². The van der Waals surface area contributed by atoms with Gasteiger partial charge in [-0.25, -0.2) is 4.98 Å². The van der Waals surface area contributed by atoms with E-state index in [0.29, 0.717) is 24.0 Å². The minimum atomic E-state index is -3.92. The zero-order valence-corrected chi connectivity index (χ0v) is 18.3. The molecular weight excluding hydrogens is 416 g/mol. The van der Waals surface area contributed by atoms with Gasteiger partial charge in [-0.2, -0.15) is 13.5 Å². The molecule has 1 fully saturated rings. The van der Waals surface area contributed by atoms with Crippen LogP contribution in [-0.2, 0) is 21.2 Å². The molecule has 1 aromatic carbocycles. The molecule has 0 saturated carbocycles. The van der Waals surface area contributed by atoms with Crippen molar-refractivity contribution in [3.63, 3.8) is 0 Å². The van der Waals surface area contributed by atoms with Crippen LogP contribution in [-0.4, -0.2) is 73.2 Å². The van der Waals surface area contributed by atoms with Crippen molar-refractivity contribution in [2.24, 2.45) is 0 Å². The van der Waals surface area contributed by atoms with Crippen LogP contribution in [0.25, 0.3) is 11.0 Å². The Morgan fingerprint density at radius 1 is 1.03 bits per heavy atom. The molecule has 0 bridgehead atoms. The third kappa shape index (κ3) is 3.35. The van der Waals surface area contributed by atoms with E-state index >= 15 is 0 Å². The molecule has 0 aliphatic carbocycles. The van der Waals surface area contributed by atoms with E-state index in [1.807, 2.05) is 12.1 Å². The molecule has 0 spiro atoms. The molecule has 1 amide bonds. The number of amides is 1. The molecule has 1 saturated heterocycles. The molecule has 31 heavy (non-hydrogen) atoms. The van der Waals surface area contributed by atoms with Gasteiger partial charge >= 0.3 is 0 Å². The third-order valence-electron chi connectivity index (χ3n) is 6.05. The number of aromatic nitrogens is 3. The molecule has 5 rings (SSSR count). The van der Waals surface area contributed by atoms with Crippen LogP contribution >= 0.6 is 0 Å². The molecule has 0 radical (unpaired) electrons. The number of pyridine rings is 1. The summed E-state index contributed by atoms with van der Waals surface area (Å²) in [4.78, 5) is 22.7. The minimum absolute atomic E-state index is 0.0481. The van der Waals surface area contributed by atoms with Crippen molar-refractivity contribution in [3.05, 3.63) is 42.1 Å². The second-order valence-corrected chi connectivity index (χ2v) is 9.84. The smallest absolute Gasteiger partial charge is 0.284 e. The predicted molar refractivity (Wildman–Crippen MR) is 118 cm³/mol. The summed E-state index contributed by atoms with van der Waals surface area (Å²) in [6, 6.07) is 8.66. The topological polar surface area (TPSA) is 91.6 Å². The predicted octanol–water partition coefficient (Wildman–Crippen LogP) is 1.33. The minimum Gasteiger partial charge on any atom is -0.354 e. The highest BCUT2D eigenvalue weighted by Crippen LogP contribution is 2.31. The van der Waals surface area contributed by atoms with Gasteiger partial charge in [0.15, 0.2) is 5.65 Å². The molecule has 0 unspecified atom stereocenters. The van der Waals surface area contributed by atoms with Gasteiger partial charge < -0.3 is 14.7 Å². The van der Waals surface area contributed by atoms with Gasteiger partial charge in [-0.15, -0.1) is 4.09 Å². The fraction of sp³-hybridized carbons (Fsp3) is 0.381. The van der Waals surface area contributed by atoms with Crippen LogP contribution in [0.2, 0.25) is 0 Å². The van der Waals surface area contributed by atoms with Crippen LogP contribution in [0.5, 0.6) is 0 Å². The van der Waals surface area contributed by atoms with Gasteiger partial charge in [0.2, 0.25) is 5.91 Å². The molecule has 2 aliphatic rings. The van der Waals surface area contributed by atoms with Gasteiger partial charge in [-0.3, -0.25) is 4.79 Å². The van der Waals surface area contributed by atoms with Crippen molar-refractivity contribution in [1.82, 2.24) is 19.1 Å². The van der Waals surface area contributed by atoms with Crippen LogP contribution < -0.4 is 9.80 Å². The average Bonchev–Trinajstić information content (AvgIpc) is 3.38. The van der Waals surface area contributed by atoms with Crippen molar-refractivity contribution in [1.29, 1.82) is 0 Å². The monoisotopic (exact) mass is 440 g/mol. The Hall–Kier alpha value is -2.98. The summed E-state index contributed by atoms with van der Waals surface area (Å²) in [5, 5.41) is 4.82. The fourth-order valence-corrected chi connectivity index (χ4v) is 5.50. The Morgan fingerprint density at radius 2 is 1.81 bits per heavy atom. The van der Waals surface area contributed by atoms with Crippen molar-refractivity contribution in [3.8, 4) is 0 Å². The first kappa shape index (κ1) is 20.0. The van der Waals surface area contributed by atoms with Crippen LogP contribution in [0.1, 0.15) is 12.5 Å². The standard InChI is InChI=1S/C21H24N6O3S/c1-15(28)26-8-7-16-13-18(4-5-19(16)26)31(29,30)27-21-17(14-22-27)3-6-20(23-21)25-11-9-24(2)10-12-25/h3-6,13-14H,7-12H2,1-2H3. The number of nitrogens with zero attached hydrogens (tertiary/aromatic N) is 6. The zero-order chi connectivity index (χ0) is 21.8. The van der Waals surface area contributed by atoms with E-state index in [0.717, 1.165) is 47.3 Å². The van der Waals surface area contributed by atoms with Crippen LogP contribution in [0.15, 0.2) is 41.4 Å². The number of benzene rings is 1. The van der Waals surface area contributed by atoms with Gasteiger partial charge in [0.05, 0.1) is 11.1 Å². The van der Waals surface area contributed by atoms with Gasteiger partial charge in [-0.05, 0) is 49.4 Å². The first-order valence-electron chi connectivity index (χ1n) is 10.3. The fourth-order valence-electron chi connectivity index (χ4n) is 4.23. The summed E-state index contributed by atoms with van der Waals surface area (Å²) in [6.07, 6.45) is 2.16. The number of piperazine rings is 1. The second kappa shape index (κ2) is 7.31. The molecule has 4 heterocycles. The van der Waals surface area contributed by atoms with Gasteiger partial charge in [0.1, 0.15) is 5.82 Å². The number of anilines is 2. The van der Waals surface area contributed by atoms with Crippen molar-refractivity contribution < 1.29 is 13.2 Å². The lowest BCUT2D eigenvalue weighted by Crippen LogP contribution is -2.44. The van der Waals surface area contributed by atoms with E-state index in [-0.39, 0.29) is 10.8 Å². The molecule has 2 aromatic heterocycles. The highest BCUT2D eigenvalue weighted by molar-refractivity contribution is 7.90. The van der Waals surface area contributed by atoms with Crippen molar-refractivity contribution in [2.75, 3.05) is 49.6 Å². The normalized spacial score (nSPS) is 17.4. The number of likely N-dealkylation sites (N-methyl/N-ethyl adjacent to an activating group) is 1. The second-order valence-electron chi connectivity index (χ2n) is 8.08. The van der Waals surface area contributed by atoms with Gasteiger partial charge in [-0.1, -0.05) is 0 Å². The van der Waals surface area contributed by atoms with Gasteiger partial charge in [0.25, 0.3) is 10.0 Å². The Balaban J connectivity index is 1.53. The summed E-state index contributed by atoms with van der Waals surface area (Å²) >= 11 is 0. The quantitative estimate of drug-likeness (QED) is 0.607. The number of fused-ring (bicyclic) bond motifs is 2. The third-order valence-corrected chi connectivity index (χ3v) is 7.63. The SMILES string of the molecule is CC(=O)N1CCc2cc(S(=O)(=O)n3ncc4ccc(N5CCN(C)CC5)nc43)ccc21. The molecule has 3 aromatic rings. The Bertz CT molecular complexity index is 1280. The average molecular weight is 441 g/mol. The zero-order valence-electron chi connectivity index (χ0n) is 17.5. The number of hydrogen-bond donors (Lipinski definition) is 0. The summed E-state index contributed by atoms with van der Waals surface area (Å²) in [5.74, 6) is 0.705. The summed E-state index contributed by atoms with van der Waals surface area (Å²) < 4.78 is 27.8. The molecule has 9 nitrogen and oxygen atoms in total. The van der Waals surface area contributed by atoms with Crippen LogP contribution in [0, 0.1) is 0 Å². The van der Waals surface area contributed by atoms with Crippen molar-refractivity contribution >= 4 is 38.5 Å². The first-order chi connectivity index (χ1) is 14.8. The van der Waals surface area contributed by atoms with Crippen LogP contribution in [0.3, 0.4) is 0 Å². The highest BCUT2D eigenvalue weighted by Gasteiger charge is 2.27. The lowest BCUT2D eigenvalue weighted by Gasteiger charge is -2.33. The van der Waals surface area contributed by atoms with Gasteiger partial charge in [0, 0.05) is 50.7 Å². The summed E-state index contributed by atoms with van der Waals surface area (Å²) in [6.45, 7) is 5.63. The maximum absolute atomic E-state index is 13.4. The first-order valence-corrected chi connectivity index (χ1v) is 11.7. The molecule has 2 aliphatic heterocycles. The maximum atomic E-state index is 13.4. The van der Waals surface area contributed by atoms with Crippen molar-refractivity contribution in [2.45, 2.75) is 18.2 Å². The Kier molecular flexibility index (Phi) is 4.71. The summed E-state index contributed by atoms with van der Waals surface area (Å²) in [7, 11) is -1.84. The largest absolute Gasteiger partial charge is 0.354 e. The molecule has 162 valence electrons. The number of rotatable bonds is 3. The van der Waals surface area contributed by atoms with E-state index < -0.39 is 10.0 Å². The highest BCUT2D eigenvalue weighted by atomic mass is 32.2. The molecule has 0 atom stereocenters. The molecule has 0 N–H and O–H groups in total. The Labute approximate surface area is 180 Å². The molecular formula is C21H24N6O3S. The lowest BCUT2D eigenvalue weighted by molar-refractivity contribution is -0.116. The van der Waals surface area contributed by atoms with E-state index in [2.05, 4.69) is 26.9 Å². The lowest BCUT2D eigenvalue weighted by atomic mass is 10.2. The van der Waals surface area contributed by atoms with E-state index in [1.165, 1.54) is 19.2 Å². The summed E-state index contributed by atoms with van der Waals surface area (Å²) in [5.41, 5.74) is 1.94.